The first-order valence-corrected chi connectivity index (χ1v) is 3.54. The first-order valence-electron chi connectivity index (χ1n) is 3.54. The van der Waals surface area contributed by atoms with E-state index in [0.29, 0.717) is 0 Å². The summed E-state index contributed by atoms with van der Waals surface area (Å²) in [6.45, 7) is 1.27. The van der Waals surface area contributed by atoms with Gasteiger partial charge in [-0.05, 0) is 6.07 Å². The molecule has 0 unspecified atom stereocenters. The second-order valence-corrected chi connectivity index (χ2v) is 2.34. The molecule has 0 aliphatic carbocycles. The van der Waals surface area contributed by atoms with E-state index in [1.54, 1.807) is 0 Å². The fourth-order valence-corrected chi connectivity index (χ4v) is 0.734. The van der Waals surface area contributed by atoms with Gasteiger partial charge in [-0.1, -0.05) is 0 Å². The predicted molar refractivity (Wildman–Crippen MR) is 44.1 cm³/mol. The molecule has 2 N–H and O–H groups in total. The molecule has 0 fully saturated rings. The number of primary amides is 1. The van der Waals surface area contributed by atoms with Crippen molar-refractivity contribution in [2.75, 3.05) is 0 Å². The third-order valence-corrected chi connectivity index (χ3v) is 1.27. The Morgan fingerprint density at radius 1 is 1.46 bits per heavy atom. The summed E-state index contributed by atoms with van der Waals surface area (Å²) in [6, 6.07) is 2.84. The maximum atomic E-state index is 10.6. The van der Waals surface area contributed by atoms with Gasteiger partial charge in [0.05, 0.1) is 5.56 Å². The Labute approximate surface area is 74.5 Å². The Balaban J connectivity index is 2.81. The van der Waals surface area contributed by atoms with E-state index < -0.39 is 11.9 Å². The van der Waals surface area contributed by atoms with Crippen molar-refractivity contribution in [1.82, 2.24) is 4.98 Å². The largest absolute Gasteiger partial charge is 0.408 e. The zero-order valence-corrected chi connectivity index (χ0v) is 6.98. The average Bonchev–Trinajstić information content (AvgIpc) is 2.04. The number of carbonyl (C=O) groups excluding carboxylic acids is 2. The van der Waals surface area contributed by atoms with Crippen molar-refractivity contribution in [3.63, 3.8) is 0 Å². The summed E-state index contributed by atoms with van der Waals surface area (Å²) >= 11 is 0. The average molecular weight is 180 g/mol. The third kappa shape index (κ3) is 2.55. The normalized spacial score (nSPS) is 9.31. The lowest BCUT2D eigenvalue weighted by Crippen LogP contribution is -2.11. The molecule has 1 rings (SSSR count). The Bertz CT molecular complexity index is 332. The topological polar surface area (TPSA) is 82.3 Å². The fourth-order valence-electron chi connectivity index (χ4n) is 0.734. The lowest BCUT2D eigenvalue weighted by atomic mass is 10.3. The highest BCUT2D eigenvalue weighted by Crippen LogP contribution is 2.06. The van der Waals surface area contributed by atoms with Crippen LogP contribution in [0.3, 0.4) is 0 Å². The number of nitrogens with two attached hydrogens (primary N) is 1. The molecule has 5 heteroatoms. The van der Waals surface area contributed by atoms with Crippen molar-refractivity contribution >= 4 is 11.9 Å². The minimum atomic E-state index is -0.568. The van der Waals surface area contributed by atoms with Crippen molar-refractivity contribution in [1.29, 1.82) is 0 Å². The van der Waals surface area contributed by atoms with E-state index in [0.717, 1.165) is 0 Å². The van der Waals surface area contributed by atoms with Crippen molar-refractivity contribution in [3.05, 3.63) is 23.9 Å². The SMILES string of the molecule is CC(=O)Oc1ccc(C(N)=O)cn1. The summed E-state index contributed by atoms with van der Waals surface area (Å²) in [7, 11) is 0. The second-order valence-electron chi connectivity index (χ2n) is 2.34. The number of rotatable bonds is 2. The minimum absolute atomic E-state index is 0.150. The molecule has 68 valence electrons. The molecular weight excluding hydrogens is 172 g/mol. The monoisotopic (exact) mass is 180 g/mol. The minimum Gasteiger partial charge on any atom is -0.408 e. The summed E-state index contributed by atoms with van der Waals surface area (Å²) in [5, 5.41) is 0. The molecule has 1 amide bonds. The van der Waals surface area contributed by atoms with Crippen molar-refractivity contribution < 1.29 is 14.3 Å². The van der Waals surface area contributed by atoms with Gasteiger partial charge in [-0.25, -0.2) is 4.98 Å². The number of carbonyl (C=O) groups is 2. The number of esters is 1. The number of aromatic nitrogens is 1. The van der Waals surface area contributed by atoms with Gasteiger partial charge in [0.25, 0.3) is 0 Å². The lowest BCUT2D eigenvalue weighted by molar-refractivity contribution is -0.132. The van der Waals surface area contributed by atoms with Crippen LogP contribution in [0.25, 0.3) is 0 Å². The maximum absolute atomic E-state index is 10.6. The summed E-state index contributed by atoms with van der Waals surface area (Å²) in [6.07, 6.45) is 1.25. The Hall–Kier alpha value is -1.91. The first-order chi connectivity index (χ1) is 6.09. The van der Waals surface area contributed by atoms with E-state index in [4.69, 9.17) is 5.73 Å². The first kappa shape index (κ1) is 9.18. The molecule has 13 heavy (non-hydrogen) atoms. The van der Waals surface area contributed by atoms with Crippen LogP contribution >= 0.6 is 0 Å². The van der Waals surface area contributed by atoms with Crippen LogP contribution in [0.15, 0.2) is 18.3 Å². The summed E-state index contributed by atoms with van der Waals surface area (Å²) in [5.74, 6) is -0.876. The molecule has 1 aromatic rings. The van der Waals surface area contributed by atoms with E-state index in [1.165, 1.54) is 25.3 Å². The molecule has 0 saturated carbocycles. The van der Waals surface area contributed by atoms with Gasteiger partial charge in [0, 0.05) is 19.2 Å². The van der Waals surface area contributed by atoms with Crippen LogP contribution in [0.5, 0.6) is 5.88 Å². The van der Waals surface area contributed by atoms with Gasteiger partial charge in [0.15, 0.2) is 0 Å². The second kappa shape index (κ2) is 3.66. The van der Waals surface area contributed by atoms with Gasteiger partial charge in [0.1, 0.15) is 0 Å². The molecule has 1 heterocycles. The van der Waals surface area contributed by atoms with Crippen LogP contribution in [-0.4, -0.2) is 16.9 Å². The number of hydrogen-bond acceptors (Lipinski definition) is 4. The highest BCUT2D eigenvalue weighted by Gasteiger charge is 2.02. The number of amides is 1. The molecule has 5 nitrogen and oxygen atoms in total. The standard InChI is InChI=1S/C8H8N2O3/c1-5(11)13-7-3-2-6(4-10-7)8(9)12/h2-4H,1H3,(H2,9,12). The number of hydrogen-bond donors (Lipinski definition) is 1. The van der Waals surface area contributed by atoms with Gasteiger partial charge in [-0.2, -0.15) is 0 Å². The summed E-state index contributed by atoms with van der Waals surface area (Å²) < 4.78 is 4.65. The van der Waals surface area contributed by atoms with Gasteiger partial charge in [-0.15, -0.1) is 0 Å². The molecule has 1 aromatic heterocycles. The molecule has 0 spiro atoms. The number of ether oxygens (including phenoxy) is 1. The van der Waals surface area contributed by atoms with E-state index in [1.807, 2.05) is 0 Å². The molecule has 0 aliphatic heterocycles. The van der Waals surface area contributed by atoms with Crippen LogP contribution < -0.4 is 10.5 Å². The molecule has 0 aromatic carbocycles. The highest BCUT2D eigenvalue weighted by atomic mass is 16.5. The van der Waals surface area contributed by atoms with Crippen LogP contribution in [0.1, 0.15) is 17.3 Å². The highest BCUT2D eigenvalue weighted by molar-refractivity contribution is 5.92. The van der Waals surface area contributed by atoms with Gasteiger partial charge >= 0.3 is 5.97 Å². The van der Waals surface area contributed by atoms with E-state index in [2.05, 4.69) is 9.72 Å². The van der Waals surface area contributed by atoms with Crippen LogP contribution in [-0.2, 0) is 4.79 Å². The lowest BCUT2D eigenvalue weighted by Gasteiger charge is -1.99. The molecule has 0 atom stereocenters. The predicted octanol–water partition coefficient (Wildman–Crippen LogP) is 0.106. The number of pyridine rings is 1. The van der Waals surface area contributed by atoms with Crippen LogP contribution in [0.4, 0.5) is 0 Å². The molecular formula is C8H8N2O3. The van der Waals surface area contributed by atoms with E-state index in [-0.39, 0.29) is 11.4 Å². The van der Waals surface area contributed by atoms with Crippen molar-refractivity contribution in [3.8, 4) is 5.88 Å². The van der Waals surface area contributed by atoms with E-state index in [9.17, 15) is 9.59 Å². The molecule has 0 radical (unpaired) electrons. The maximum Gasteiger partial charge on any atom is 0.309 e. The molecule has 0 aliphatic rings. The Morgan fingerprint density at radius 2 is 2.15 bits per heavy atom. The van der Waals surface area contributed by atoms with Gasteiger partial charge < -0.3 is 10.5 Å². The van der Waals surface area contributed by atoms with Gasteiger partial charge in [0.2, 0.25) is 11.8 Å². The molecule has 0 saturated heterocycles. The van der Waals surface area contributed by atoms with E-state index >= 15 is 0 Å². The van der Waals surface area contributed by atoms with Crippen molar-refractivity contribution in [2.24, 2.45) is 5.73 Å². The zero-order valence-electron chi connectivity index (χ0n) is 6.98. The number of nitrogens with zero attached hydrogens (tertiary/aromatic N) is 1. The molecule has 0 bridgehead atoms. The third-order valence-electron chi connectivity index (χ3n) is 1.27. The summed E-state index contributed by atoms with van der Waals surface area (Å²) in [4.78, 5) is 24.8. The van der Waals surface area contributed by atoms with Crippen molar-refractivity contribution in [2.45, 2.75) is 6.92 Å². The smallest absolute Gasteiger partial charge is 0.309 e. The summed E-state index contributed by atoms with van der Waals surface area (Å²) in [5.41, 5.74) is 5.25. The zero-order chi connectivity index (χ0) is 9.84. The van der Waals surface area contributed by atoms with Crippen LogP contribution in [0, 0.1) is 0 Å². The Kier molecular flexibility index (Phi) is 2.59. The fraction of sp³-hybridized carbons (Fsp3) is 0.125. The Morgan fingerprint density at radius 3 is 2.54 bits per heavy atom. The van der Waals surface area contributed by atoms with Crippen LogP contribution in [0.2, 0.25) is 0 Å². The van der Waals surface area contributed by atoms with Gasteiger partial charge in [-0.3, -0.25) is 9.59 Å². The quantitative estimate of drug-likeness (QED) is 0.654.